The quantitative estimate of drug-likeness (QED) is 0.529. The van der Waals surface area contributed by atoms with E-state index in [0.29, 0.717) is 22.7 Å². The fourth-order valence-corrected chi connectivity index (χ4v) is 2.99. The number of amides is 2. The normalized spacial score (nSPS) is 14.5. The lowest BCUT2D eigenvalue weighted by atomic mass is 10.1. The van der Waals surface area contributed by atoms with E-state index in [1.807, 2.05) is 5.32 Å². The lowest BCUT2D eigenvalue weighted by Crippen LogP contribution is -2.22. The molecule has 2 amide bonds. The van der Waals surface area contributed by atoms with Gasteiger partial charge in [0.25, 0.3) is 5.91 Å². The van der Waals surface area contributed by atoms with E-state index in [0.717, 1.165) is 12.8 Å². The van der Waals surface area contributed by atoms with Crippen molar-refractivity contribution in [3.63, 3.8) is 0 Å². The van der Waals surface area contributed by atoms with Crippen molar-refractivity contribution in [1.29, 1.82) is 0 Å². The van der Waals surface area contributed by atoms with E-state index >= 15 is 0 Å². The fourth-order valence-electron chi connectivity index (χ4n) is 2.99. The Morgan fingerprint density at radius 2 is 2.06 bits per heavy atom. The molecule has 2 heterocycles. The first-order chi connectivity index (χ1) is 16.2. The second kappa shape index (κ2) is 8.74. The van der Waals surface area contributed by atoms with Gasteiger partial charge < -0.3 is 20.7 Å². The summed E-state index contributed by atoms with van der Waals surface area (Å²) in [5.74, 6) is -0.693. The number of hydrogen-bond donors (Lipinski definition) is 3. The molecule has 10 heteroatoms. The van der Waals surface area contributed by atoms with E-state index in [1.165, 1.54) is 13.2 Å². The first-order valence-corrected chi connectivity index (χ1v) is 9.46. The van der Waals surface area contributed by atoms with Crippen LogP contribution in [0.4, 0.5) is 17.2 Å². The summed E-state index contributed by atoms with van der Waals surface area (Å²) in [6, 6.07) is 6.66. The van der Waals surface area contributed by atoms with Gasteiger partial charge in [-0.15, -0.1) is 10.2 Å². The summed E-state index contributed by atoms with van der Waals surface area (Å²) < 4.78 is 27.6. The van der Waals surface area contributed by atoms with Crippen molar-refractivity contribution in [3.05, 3.63) is 48.5 Å². The average molecular weight is 422 g/mol. The second-order valence-electron chi connectivity index (χ2n) is 6.81. The number of hydrogen-bond acceptors (Lipinski definition) is 8. The SMILES string of the molecule is [2H]C([2H])([2H])NC(=O)c1nnc(NC(=O)C2CC2)cc1Nc1cccc(-c2cnccn2)c1OC. The van der Waals surface area contributed by atoms with Gasteiger partial charge in [0.2, 0.25) is 5.91 Å². The van der Waals surface area contributed by atoms with Gasteiger partial charge in [-0.1, -0.05) is 6.07 Å². The summed E-state index contributed by atoms with van der Waals surface area (Å²) in [6.45, 7) is -2.72. The number of nitrogens with one attached hydrogen (secondary N) is 3. The van der Waals surface area contributed by atoms with E-state index in [1.54, 1.807) is 36.8 Å². The van der Waals surface area contributed by atoms with Crippen LogP contribution in [0.3, 0.4) is 0 Å². The predicted octanol–water partition coefficient (Wildman–Crippen LogP) is 2.39. The van der Waals surface area contributed by atoms with Crippen LogP contribution in [0.2, 0.25) is 0 Å². The van der Waals surface area contributed by atoms with Gasteiger partial charge in [0, 0.05) is 41.0 Å². The number of carbonyl (C=O) groups excluding carboxylic acids is 2. The topological polar surface area (TPSA) is 131 Å². The van der Waals surface area contributed by atoms with Gasteiger partial charge in [-0.25, -0.2) is 0 Å². The van der Waals surface area contributed by atoms with Crippen LogP contribution in [0.25, 0.3) is 11.3 Å². The van der Waals surface area contributed by atoms with Crippen LogP contribution in [0.5, 0.6) is 5.75 Å². The highest BCUT2D eigenvalue weighted by Crippen LogP contribution is 2.37. The zero-order valence-corrected chi connectivity index (χ0v) is 16.5. The molecule has 1 fully saturated rings. The van der Waals surface area contributed by atoms with Crippen molar-refractivity contribution in [2.24, 2.45) is 5.92 Å². The predicted molar refractivity (Wildman–Crippen MR) is 114 cm³/mol. The van der Waals surface area contributed by atoms with Gasteiger partial charge in [0.15, 0.2) is 17.3 Å². The van der Waals surface area contributed by atoms with Gasteiger partial charge in [0.1, 0.15) is 0 Å². The Hall–Kier alpha value is -4.08. The zero-order chi connectivity index (χ0) is 24.3. The molecule has 0 radical (unpaired) electrons. The minimum atomic E-state index is -2.72. The van der Waals surface area contributed by atoms with Crippen molar-refractivity contribution in [3.8, 4) is 17.0 Å². The number of rotatable bonds is 7. The number of carbonyl (C=O) groups is 2. The monoisotopic (exact) mass is 422 g/mol. The number of aromatic nitrogens is 4. The molecule has 158 valence electrons. The lowest BCUT2D eigenvalue weighted by molar-refractivity contribution is -0.117. The Morgan fingerprint density at radius 3 is 2.77 bits per heavy atom. The summed E-state index contributed by atoms with van der Waals surface area (Å²) >= 11 is 0. The van der Waals surface area contributed by atoms with Crippen LogP contribution in [-0.2, 0) is 4.79 Å². The molecule has 1 saturated carbocycles. The number of para-hydroxylation sites is 1. The summed E-state index contributed by atoms with van der Waals surface area (Å²) in [4.78, 5) is 33.2. The molecule has 0 spiro atoms. The van der Waals surface area contributed by atoms with Crippen LogP contribution in [0.15, 0.2) is 42.9 Å². The van der Waals surface area contributed by atoms with E-state index in [2.05, 4.69) is 30.8 Å². The minimum Gasteiger partial charge on any atom is -0.494 e. The second-order valence-corrected chi connectivity index (χ2v) is 6.81. The largest absolute Gasteiger partial charge is 0.494 e. The maximum absolute atomic E-state index is 12.6. The van der Waals surface area contributed by atoms with Crippen molar-refractivity contribution < 1.29 is 18.4 Å². The standard InChI is InChI=1S/C21H21N7O3/c1-22-21(30)18-15(10-17(27-28-18)26-20(29)12-6-7-12)25-14-5-3-4-13(19(14)31-2)16-11-23-8-9-24-16/h3-5,8-12H,6-7H2,1-2H3,(H,22,30)(H2,25,26,27,29)/i1D3. The molecule has 4 rings (SSSR count). The molecule has 1 aromatic carbocycles. The van der Waals surface area contributed by atoms with Crippen LogP contribution < -0.4 is 20.7 Å². The molecule has 0 aliphatic heterocycles. The summed E-state index contributed by atoms with van der Waals surface area (Å²) in [5, 5.41) is 15.4. The first-order valence-electron chi connectivity index (χ1n) is 11.0. The van der Waals surface area contributed by atoms with Gasteiger partial charge >= 0.3 is 0 Å². The lowest BCUT2D eigenvalue weighted by Gasteiger charge is -2.16. The molecule has 10 nitrogen and oxygen atoms in total. The third-order valence-corrected chi connectivity index (χ3v) is 4.65. The summed E-state index contributed by atoms with van der Waals surface area (Å²) in [6.07, 6.45) is 6.28. The molecule has 0 unspecified atom stereocenters. The number of benzene rings is 1. The van der Waals surface area contributed by atoms with Crippen LogP contribution in [-0.4, -0.2) is 46.1 Å². The molecule has 31 heavy (non-hydrogen) atoms. The maximum Gasteiger partial charge on any atom is 0.273 e. The Balaban J connectivity index is 1.72. The Labute approximate surface area is 182 Å². The van der Waals surface area contributed by atoms with Crippen LogP contribution in [0, 0.1) is 5.92 Å². The Kier molecular flexibility index (Phi) is 4.70. The van der Waals surface area contributed by atoms with Crippen molar-refractivity contribution in [1.82, 2.24) is 25.5 Å². The van der Waals surface area contributed by atoms with E-state index in [9.17, 15) is 9.59 Å². The zero-order valence-electron chi connectivity index (χ0n) is 19.5. The molecule has 3 aromatic rings. The average Bonchev–Trinajstić information content (AvgIpc) is 3.64. The number of anilines is 3. The smallest absolute Gasteiger partial charge is 0.273 e. The fraction of sp³-hybridized carbons (Fsp3) is 0.238. The van der Waals surface area contributed by atoms with E-state index in [4.69, 9.17) is 8.85 Å². The first kappa shape index (κ1) is 16.7. The summed E-state index contributed by atoms with van der Waals surface area (Å²) in [7, 11) is 1.48. The Morgan fingerprint density at radius 1 is 1.19 bits per heavy atom. The number of methoxy groups -OCH3 is 1. The van der Waals surface area contributed by atoms with Crippen molar-refractivity contribution in [2.75, 3.05) is 24.7 Å². The van der Waals surface area contributed by atoms with Crippen LogP contribution in [0.1, 0.15) is 27.4 Å². The van der Waals surface area contributed by atoms with Gasteiger partial charge in [-0.05, 0) is 25.0 Å². The van der Waals surface area contributed by atoms with Crippen LogP contribution >= 0.6 is 0 Å². The highest BCUT2D eigenvalue weighted by Gasteiger charge is 2.30. The maximum atomic E-state index is 12.6. The van der Waals surface area contributed by atoms with Crippen molar-refractivity contribution in [2.45, 2.75) is 12.8 Å². The van der Waals surface area contributed by atoms with Gasteiger partial charge in [-0.2, -0.15) is 0 Å². The molecular formula is C21H21N7O3. The molecule has 1 aliphatic rings. The highest BCUT2D eigenvalue weighted by atomic mass is 16.5. The molecule has 2 aromatic heterocycles. The third kappa shape index (κ3) is 4.42. The number of nitrogens with zero attached hydrogens (tertiary/aromatic N) is 4. The number of ether oxygens (including phenoxy) is 1. The molecule has 1 aliphatic carbocycles. The molecular weight excluding hydrogens is 398 g/mol. The van der Waals surface area contributed by atoms with E-state index < -0.39 is 12.9 Å². The van der Waals surface area contributed by atoms with Gasteiger partial charge in [0.05, 0.1) is 30.4 Å². The molecule has 0 saturated heterocycles. The third-order valence-electron chi connectivity index (χ3n) is 4.65. The van der Waals surface area contributed by atoms with Crippen molar-refractivity contribution >= 4 is 29.0 Å². The minimum absolute atomic E-state index is 0.0690. The highest BCUT2D eigenvalue weighted by molar-refractivity contribution is 6.00. The molecule has 0 atom stereocenters. The molecule has 3 N–H and O–H groups in total. The Bertz CT molecular complexity index is 1220. The van der Waals surface area contributed by atoms with Gasteiger partial charge in [-0.3, -0.25) is 19.6 Å². The molecule has 0 bridgehead atoms. The summed E-state index contributed by atoms with van der Waals surface area (Å²) in [5.41, 5.74) is 1.50. The van der Waals surface area contributed by atoms with E-state index in [-0.39, 0.29) is 29.0 Å².